The van der Waals surface area contributed by atoms with Crippen molar-refractivity contribution in [3.63, 3.8) is 0 Å². The minimum atomic E-state index is -0.348. The highest BCUT2D eigenvalue weighted by Crippen LogP contribution is 2.09. The van der Waals surface area contributed by atoms with Crippen molar-refractivity contribution in [2.24, 2.45) is 0 Å². The van der Waals surface area contributed by atoms with E-state index in [0.29, 0.717) is 6.54 Å². The van der Waals surface area contributed by atoms with Crippen LogP contribution in [0, 0.1) is 18.3 Å². The molecule has 1 rings (SSSR count). The van der Waals surface area contributed by atoms with Gasteiger partial charge < -0.3 is 10.6 Å². The first kappa shape index (κ1) is 13.8. The molecule has 0 spiro atoms. The van der Waals surface area contributed by atoms with Gasteiger partial charge in [0.25, 0.3) is 5.91 Å². The molecule has 0 aromatic heterocycles. The Morgan fingerprint density at radius 1 is 1.39 bits per heavy atom. The number of carbonyl (C=O) groups is 1. The molecule has 0 radical (unpaired) electrons. The van der Waals surface area contributed by atoms with E-state index in [9.17, 15) is 4.79 Å². The first-order valence-electron chi connectivity index (χ1n) is 5.89. The van der Waals surface area contributed by atoms with E-state index in [-0.39, 0.29) is 11.5 Å². The molecule has 18 heavy (non-hydrogen) atoms. The maximum absolute atomic E-state index is 11.6. The number of aryl methyl sites for hydroxylation is 1. The van der Waals surface area contributed by atoms with Crippen LogP contribution in [0.25, 0.3) is 0 Å². The Morgan fingerprint density at radius 3 is 2.61 bits per heavy atom. The Hall–Kier alpha value is -2.28. The van der Waals surface area contributed by atoms with Crippen LogP contribution < -0.4 is 10.6 Å². The maximum Gasteiger partial charge on any atom is 0.263 e. The van der Waals surface area contributed by atoms with E-state index in [1.54, 1.807) is 0 Å². The number of nitrogens with zero attached hydrogens (tertiary/aromatic N) is 1. The van der Waals surface area contributed by atoms with Crippen molar-refractivity contribution in [2.75, 3.05) is 11.9 Å². The molecule has 0 saturated carbocycles. The van der Waals surface area contributed by atoms with Crippen LogP contribution in [0.3, 0.4) is 0 Å². The molecular weight excluding hydrogens is 226 g/mol. The molecule has 1 aromatic rings. The van der Waals surface area contributed by atoms with Crippen LogP contribution in [0.5, 0.6) is 0 Å². The van der Waals surface area contributed by atoms with E-state index in [2.05, 4.69) is 10.6 Å². The van der Waals surface area contributed by atoms with Crippen molar-refractivity contribution >= 4 is 11.6 Å². The monoisotopic (exact) mass is 243 g/mol. The molecule has 4 heteroatoms. The van der Waals surface area contributed by atoms with Crippen LogP contribution in [0.15, 0.2) is 36.0 Å². The second-order valence-electron chi connectivity index (χ2n) is 3.94. The molecule has 1 aromatic carbocycles. The summed E-state index contributed by atoms with van der Waals surface area (Å²) >= 11 is 0. The van der Waals surface area contributed by atoms with Gasteiger partial charge in [-0.2, -0.15) is 5.26 Å². The summed E-state index contributed by atoms with van der Waals surface area (Å²) in [5, 5.41) is 14.5. The Balaban J connectivity index is 2.66. The average molecular weight is 243 g/mol. The van der Waals surface area contributed by atoms with Crippen molar-refractivity contribution in [1.82, 2.24) is 5.32 Å². The Bertz CT molecular complexity index is 469. The highest BCUT2D eigenvalue weighted by molar-refractivity contribution is 5.97. The SMILES string of the molecule is CCCNC(=O)/C(C#N)=C\Nc1ccc(C)cc1. The topological polar surface area (TPSA) is 64.9 Å². The zero-order valence-electron chi connectivity index (χ0n) is 10.7. The second-order valence-corrected chi connectivity index (χ2v) is 3.94. The number of hydrogen-bond acceptors (Lipinski definition) is 3. The minimum absolute atomic E-state index is 0.0732. The van der Waals surface area contributed by atoms with Crippen LogP contribution >= 0.6 is 0 Å². The van der Waals surface area contributed by atoms with E-state index < -0.39 is 0 Å². The van der Waals surface area contributed by atoms with Crippen molar-refractivity contribution in [3.05, 3.63) is 41.6 Å². The van der Waals surface area contributed by atoms with Gasteiger partial charge in [0.2, 0.25) is 0 Å². The molecule has 2 N–H and O–H groups in total. The number of nitrogens with one attached hydrogen (secondary N) is 2. The normalized spacial score (nSPS) is 10.6. The molecule has 0 aliphatic rings. The minimum Gasteiger partial charge on any atom is -0.360 e. The molecule has 0 unspecified atom stereocenters. The zero-order valence-corrected chi connectivity index (χ0v) is 10.7. The van der Waals surface area contributed by atoms with E-state index in [1.165, 1.54) is 6.20 Å². The van der Waals surface area contributed by atoms with E-state index >= 15 is 0 Å². The third kappa shape index (κ3) is 4.30. The Labute approximate surface area is 107 Å². The third-order valence-electron chi connectivity index (χ3n) is 2.34. The highest BCUT2D eigenvalue weighted by Gasteiger charge is 2.06. The van der Waals surface area contributed by atoms with E-state index in [0.717, 1.165) is 17.7 Å². The molecule has 0 aliphatic carbocycles. The zero-order chi connectivity index (χ0) is 13.4. The number of rotatable bonds is 5. The molecular formula is C14H17N3O. The average Bonchev–Trinajstić information content (AvgIpc) is 2.39. The summed E-state index contributed by atoms with van der Waals surface area (Å²) in [5.74, 6) is -0.348. The van der Waals surface area contributed by atoms with Crippen molar-refractivity contribution in [3.8, 4) is 6.07 Å². The summed E-state index contributed by atoms with van der Waals surface area (Å²) in [5.41, 5.74) is 2.08. The van der Waals surface area contributed by atoms with Gasteiger partial charge >= 0.3 is 0 Å². The fourth-order valence-electron chi connectivity index (χ4n) is 1.29. The van der Waals surface area contributed by atoms with Gasteiger partial charge in [0.1, 0.15) is 11.6 Å². The van der Waals surface area contributed by atoms with E-state index in [4.69, 9.17) is 5.26 Å². The summed E-state index contributed by atoms with van der Waals surface area (Å²) < 4.78 is 0. The lowest BCUT2D eigenvalue weighted by Gasteiger charge is -2.04. The van der Waals surface area contributed by atoms with E-state index in [1.807, 2.05) is 44.2 Å². The largest absolute Gasteiger partial charge is 0.360 e. The van der Waals surface area contributed by atoms with Crippen LogP contribution in [-0.2, 0) is 4.79 Å². The molecule has 0 heterocycles. The fraction of sp³-hybridized carbons (Fsp3) is 0.286. The number of benzene rings is 1. The lowest BCUT2D eigenvalue weighted by molar-refractivity contribution is -0.117. The summed E-state index contributed by atoms with van der Waals surface area (Å²) in [6, 6.07) is 9.58. The van der Waals surface area contributed by atoms with Gasteiger partial charge in [0.15, 0.2) is 0 Å². The highest BCUT2D eigenvalue weighted by atomic mass is 16.1. The number of nitriles is 1. The third-order valence-corrected chi connectivity index (χ3v) is 2.34. The quantitative estimate of drug-likeness (QED) is 0.616. The second kappa shape index (κ2) is 7.13. The number of carbonyl (C=O) groups excluding carboxylic acids is 1. The van der Waals surface area contributed by atoms with Gasteiger partial charge in [-0.1, -0.05) is 24.6 Å². The van der Waals surface area contributed by atoms with Crippen molar-refractivity contribution < 1.29 is 4.79 Å². The van der Waals surface area contributed by atoms with Gasteiger partial charge in [0.05, 0.1) is 0 Å². The number of hydrogen-bond donors (Lipinski definition) is 2. The lowest BCUT2D eigenvalue weighted by Crippen LogP contribution is -2.25. The van der Waals surface area contributed by atoms with Crippen LogP contribution in [0.4, 0.5) is 5.69 Å². The van der Waals surface area contributed by atoms with Crippen molar-refractivity contribution in [2.45, 2.75) is 20.3 Å². The molecule has 4 nitrogen and oxygen atoms in total. The predicted molar refractivity (Wildman–Crippen MR) is 71.8 cm³/mol. The van der Waals surface area contributed by atoms with Crippen LogP contribution in [-0.4, -0.2) is 12.5 Å². The molecule has 0 atom stereocenters. The summed E-state index contributed by atoms with van der Waals surface area (Å²) in [7, 11) is 0. The maximum atomic E-state index is 11.6. The molecule has 0 fully saturated rings. The predicted octanol–water partition coefficient (Wildman–Crippen LogP) is 2.34. The molecule has 94 valence electrons. The Kier molecular flexibility index (Phi) is 5.46. The standard InChI is InChI=1S/C14H17N3O/c1-3-8-16-14(18)12(9-15)10-17-13-6-4-11(2)5-7-13/h4-7,10,17H,3,8H2,1-2H3,(H,16,18)/b12-10-. The first-order chi connectivity index (χ1) is 8.67. The van der Waals surface area contributed by atoms with Gasteiger partial charge in [0, 0.05) is 18.4 Å². The summed E-state index contributed by atoms with van der Waals surface area (Å²) in [4.78, 5) is 11.6. The number of amides is 1. The van der Waals surface area contributed by atoms with Gasteiger partial charge in [-0.05, 0) is 25.5 Å². The molecule has 0 saturated heterocycles. The molecule has 1 amide bonds. The van der Waals surface area contributed by atoms with Gasteiger partial charge in [-0.3, -0.25) is 4.79 Å². The van der Waals surface area contributed by atoms with Crippen LogP contribution in [0.1, 0.15) is 18.9 Å². The van der Waals surface area contributed by atoms with Gasteiger partial charge in [-0.25, -0.2) is 0 Å². The molecule has 0 bridgehead atoms. The lowest BCUT2D eigenvalue weighted by atomic mass is 10.2. The van der Waals surface area contributed by atoms with Crippen LogP contribution in [0.2, 0.25) is 0 Å². The number of anilines is 1. The summed E-state index contributed by atoms with van der Waals surface area (Å²) in [6.45, 7) is 4.53. The fourth-order valence-corrected chi connectivity index (χ4v) is 1.29. The molecule has 0 aliphatic heterocycles. The Morgan fingerprint density at radius 2 is 2.06 bits per heavy atom. The smallest absolute Gasteiger partial charge is 0.263 e. The van der Waals surface area contributed by atoms with Gasteiger partial charge in [-0.15, -0.1) is 0 Å². The van der Waals surface area contributed by atoms with Crippen molar-refractivity contribution in [1.29, 1.82) is 5.26 Å². The summed E-state index contributed by atoms with van der Waals surface area (Å²) in [6.07, 6.45) is 2.27. The first-order valence-corrected chi connectivity index (χ1v) is 5.89.